The molecule has 0 bridgehead atoms. The maximum Gasteiger partial charge on any atom is 0.292 e. The first-order valence-electron chi connectivity index (χ1n) is 8.35. The number of carbonyl (C=O) groups excluding carboxylic acids is 1. The average molecular weight is 343 g/mol. The molecule has 1 amide bonds. The van der Waals surface area contributed by atoms with Crippen molar-refractivity contribution >= 4 is 28.8 Å². The number of aliphatic imine (C=N–C) groups is 2. The van der Waals surface area contributed by atoms with Gasteiger partial charge in [-0.1, -0.05) is 42.5 Å². The van der Waals surface area contributed by atoms with Crippen molar-refractivity contribution in [1.82, 2.24) is 5.32 Å². The maximum absolute atomic E-state index is 12.6. The predicted octanol–water partition coefficient (Wildman–Crippen LogP) is 4.63. The van der Waals surface area contributed by atoms with E-state index in [1.807, 2.05) is 61.5 Å². The van der Waals surface area contributed by atoms with Gasteiger partial charge in [0.1, 0.15) is 5.84 Å². The van der Waals surface area contributed by atoms with E-state index >= 15 is 0 Å². The molecule has 0 aliphatic carbocycles. The number of fused-ring (bicyclic) bond motifs is 1. The van der Waals surface area contributed by atoms with Crippen LogP contribution >= 0.6 is 0 Å². The van der Waals surface area contributed by atoms with E-state index in [1.54, 1.807) is 12.1 Å². The molecule has 0 saturated carbocycles. The zero-order valence-corrected chi connectivity index (χ0v) is 14.2. The lowest BCUT2D eigenvalue weighted by molar-refractivity contribution is 0.0949. The molecule has 1 aliphatic heterocycles. The molecule has 26 heavy (non-hydrogen) atoms. The molecule has 5 nitrogen and oxygen atoms in total. The number of hydrogen-bond acceptors (Lipinski definition) is 4. The van der Waals surface area contributed by atoms with Gasteiger partial charge in [0.15, 0.2) is 5.76 Å². The Labute approximate surface area is 151 Å². The minimum absolute atomic E-state index is 0.242. The van der Waals surface area contributed by atoms with E-state index in [0.29, 0.717) is 5.84 Å². The number of para-hydroxylation sites is 2. The van der Waals surface area contributed by atoms with Crippen molar-refractivity contribution in [3.8, 4) is 0 Å². The first kappa shape index (κ1) is 16.0. The average Bonchev–Trinajstić information content (AvgIpc) is 3.15. The number of benzene rings is 2. The van der Waals surface area contributed by atoms with E-state index in [0.717, 1.165) is 22.6 Å². The summed E-state index contributed by atoms with van der Waals surface area (Å²) in [6.07, 6.45) is 1.47. The van der Waals surface area contributed by atoms with E-state index in [-0.39, 0.29) is 17.6 Å². The van der Waals surface area contributed by atoms with Gasteiger partial charge in [-0.05, 0) is 36.8 Å². The van der Waals surface area contributed by atoms with Crippen LogP contribution in [-0.4, -0.2) is 17.5 Å². The highest BCUT2D eigenvalue weighted by molar-refractivity contribution is 6.18. The van der Waals surface area contributed by atoms with Crippen molar-refractivity contribution in [2.45, 2.75) is 12.8 Å². The van der Waals surface area contributed by atoms with Gasteiger partial charge in [-0.2, -0.15) is 0 Å². The number of nitrogens with zero attached hydrogens (tertiary/aromatic N) is 2. The second kappa shape index (κ2) is 6.80. The van der Waals surface area contributed by atoms with Gasteiger partial charge in [0, 0.05) is 5.71 Å². The fourth-order valence-electron chi connectivity index (χ4n) is 3.03. The molecule has 3 aromatic rings. The van der Waals surface area contributed by atoms with Crippen LogP contribution in [-0.2, 0) is 0 Å². The largest absolute Gasteiger partial charge is 0.459 e. The Morgan fingerprint density at radius 1 is 0.923 bits per heavy atom. The predicted molar refractivity (Wildman–Crippen MR) is 102 cm³/mol. The molecule has 1 N–H and O–H groups in total. The zero-order chi connectivity index (χ0) is 17.9. The molecule has 2 heterocycles. The van der Waals surface area contributed by atoms with Crippen LogP contribution in [0, 0.1) is 0 Å². The second-order valence-electron chi connectivity index (χ2n) is 6.01. The quantitative estimate of drug-likeness (QED) is 0.737. The van der Waals surface area contributed by atoms with Crippen LogP contribution in [0.3, 0.4) is 0 Å². The summed E-state index contributed by atoms with van der Waals surface area (Å²) >= 11 is 0. The third-order valence-corrected chi connectivity index (χ3v) is 4.23. The summed E-state index contributed by atoms with van der Waals surface area (Å²) in [5.74, 6) is 0.194. The summed E-state index contributed by atoms with van der Waals surface area (Å²) in [5, 5.41) is 2.92. The Morgan fingerprint density at radius 2 is 1.62 bits per heavy atom. The number of amides is 1. The fourth-order valence-corrected chi connectivity index (χ4v) is 3.03. The molecule has 1 aromatic heterocycles. The minimum Gasteiger partial charge on any atom is -0.459 e. The van der Waals surface area contributed by atoms with Gasteiger partial charge in [-0.25, -0.2) is 4.99 Å². The molecule has 1 atom stereocenters. The van der Waals surface area contributed by atoms with Gasteiger partial charge in [0.2, 0.25) is 0 Å². The molecule has 5 heteroatoms. The molecule has 0 radical (unpaired) electrons. The lowest BCUT2D eigenvalue weighted by atomic mass is 9.93. The molecule has 4 rings (SSSR count). The highest BCUT2D eigenvalue weighted by Gasteiger charge is 2.27. The summed E-state index contributed by atoms with van der Waals surface area (Å²) < 4.78 is 5.21. The van der Waals surface area contributed by atoms with Crippen molar-refractivity contribution in [2.24, 2.45) is 9.98 Å². The van der Waals surface area contributed by atoms with Crippen molar-refractivity contribution in [2.75, 3.05) is 0 Å². The molecular weight excluding hydrogens is 326 g/mol. The Morgan fingerprint density at radius 3 is 2.31 bits per heavy atom. The van der Waals surface area contributed by atoms with Crippen LogP contribution in [0.25, 0.3) is 0 Å². The number of amidine groups is 1. The molecule has 1 aliphatic rings. The van der Waals surface area contributed by atoms with Crippen LogP contribution in [0.2, 0.25) is 0 Å². The second-order valence-corrected chi connectivity index (χ2v) is 6.01. The highest BCUT2D eigenvalue weighted by Crippen LogP contribution is 2.34. The van der Waals surface area contributed by atoms with E-state index in [9.17, 15) is 4.79 Å². The third-order valence-electron chi connectivity index (χ3n) is 4.23. The SMILES string of the molecule is CC1=Nc2ccccc2N=C(NC(=O)c2ccco2)[C@@H]1c1ccccc1. The summed E-state index contributed by atoms with van der Waals surface area (Å²) in [4.78, 5) is 22.0. The smallest absolute Gasteiger partial charge is 0.292 e. The van der Waals surface area contributed by atoms with Crippen LogP contribution in [0.15, 0.2) is 87.4 Å². The van der Waals surface area contributed by atoms with E-state index < -0.39 is 0 Å². The van der Waals surface area contributed by atoms with Crippen LogP contribution in [0.5, 0.6) is 0 Å². The summed E-state index contributed by atoms with van der Waals surface area (Å²) in [7, 11) is 0. The number of hydrogen-bond donors (Lipinski definition) is 1. The monoisotopic (exact) mass is 343 g/mol. The van der Waals surface area contributed by atoms with Crippen molar-refractivity contribution < 1.29 is 9.21 Å². The Bertz CT molecular complexity index is 989. The summed E-state index contributed by atoms with van der Waals surface area (Å²) in [5.41, 5.74) is 3.38. The first-order valence-corrected chi connectivity index (χ1v) is 8.35. The Balaban J connectivity index is 1.81. The van der Waals surface area contributed by atoms with Gasteiger partial charge < -0.3 is 9.73 Å². The molecular formula is C21H17N3O2. The molecule has 128 valence electrons. The first-order chi connectivity index (χ1) is 12.7. The molecule has 2 aromatic carbocycles. The molecule has 0 unspecified atom stereocenters. The topological polar surface area (TPSA) is 67.0 Å². The standard InChI is InChI=1S/C21H17N3O2/c1-14-19(15-8-3-2-4-9-15)20(24-21(25)18-12-7-13-26-18)23-17-11-6-5-10-16(17)22-14/h2-13,19H,1H3,(H,23,24,25)/t19-/m0/s1. The molecule has 0 saturated heterocycles. The number of rotatable bonds is 2. The maximum atomic E-state index is 12.6. The summed E-state index contributed by atoms with van der Waals surface area (Å²) in [6, 6.07) is 20.8. The van der Waals surface area contributed by atoms with Gasteiger partial charge in [-0.15, -0.1) is 0 Å². The van der Waals surface area contributed by atoms with E-state index in [1.165, 1.54) is 6.26 Å². The highest BCUT2D eigenvalue weighted by atomic mass is 16.3. The van der Waals surface area contributed by atoms with Crippen molar-refractivity contribution in [1.29, 1.82) is 0 Å². The van der Waals surface area contributed by atoms with Crippen molar-refractivity contribution in [3.63, 3.8) is 0 Å². The van der Waals surface area contributed by atoms with Crippen molar-refractivity contribution in [3.05, 3.63) is 84.3 Å². The lowest BCUT2D eigenvalue weighted by Crippen LogP contribution is -2.37. The number of furan rings is 1. The van der Waals surface area contributed by atoms with E-state index in [4.69, 9.17) is 14.4 Å². The zero-order valence-electron chi connectivity index (χ0n) is 14.2. The number of carbonyl (C=O) groups is 1. The van der Waals surface area contributed by atoms with Gasteiger partial charge in [-0.3, -0.25) is 9.79 Å². The Kier molecular flexibility index (Phi) is 4.19. The van der Waals surface area contributed by atoms with Gasteiger partial charge in [0.25, 0.3) is 5.91 Å². The van der Waals surface area contributed by atoms with Crippen LogP contribution in [0.4, 0.5) is 11.4 Å². The van der Waals surface area contributed by atoms with Gasteiger partial charge in [0.05, 0.1) is 23.6 Å². The summed E-state index contributed by atoms with van der Waals surface area (Å²) in [6.45, 7) is 1.95. The lowest BCUT2D eigenvalue weighted by Gasteiger charge is -2.19. The third kappa shape index (κ3) is 3.07. The number of nitrogens with one attached hydrogen (secondary N) is 1. The van der Waals surface area contributed by atoms with Gasteiger partial charge >= 0.3 is 0 Å². The fraction of sp³-hybridized carbons (Fsp3) is 0.0952. The normalized spacial score (nSPS) is 16.1. The molecule has 0 fully saturated rings. The Hall–Kier alpha value is -3.47. The van der Waals surface area contributed by atoms with Crippen LogP contribution < -0.4 is 5.32 Å². The minimum atomic E-state index is -0.332. The van der Waals surface area contributed by atoms with E-state index in [2.05, 4.69) is 5.32 Å². The van der Waals surface area contributed by atoms with Crippen LogP contribution in [0.1, 0.15) is 29.0 Å². The molecule has 0 spiro atoms.